The van der Waals surface area contributed by atoms with Crippen LogP contribution >= 0.6 is 0 Å². The Morgan fingerprint density at radius 1 is 1.33 bits per heavy atom. The number of aromatic hydroxyl groups is 1. The van der Waals surface area contributed by atoms with E-state index >= 15 is 0 Å². The van der Waals surface area contributed by atoms with E-state index in [1.165, 1.54) is 6.07 Å². The van der Waals surface area contributed by atoms with Gasteiger partial charge >= 0.3 is 5.97 Å². The monoisotopic (exact) mass is 250 g/mol. The van der Waals surface area contributed by atoms with Crippen molar-refractivity contribution in [3.05, 3.63) is 29.8 Å². The summed E-state index contributed by atoms with van der Waals surface area (Å²) in [4.78, 5) is 13.5. The molecule has 1 unspecified atom stereocenters. The molecule has 0 saturated carbocycles. The van der Waals surface area contributed by atoms with Crippen LogP contribution in [0, 0.1) is 0 Å². The van der Waals surface area contributed by atoms with Crippen molar-refractivity contribution in [1.82, 2.24) is 10.2 Å². The van der Waals surface area contributed by atoms with Gasteiger partial charge in [0, 0.05) is 38.3 Å². The van der Waals surface area contributed by atoms with Crippen LogP contribution in [0.15, 0.2) is 24.3 Å². The number of phenolic OH excluding ortho intramolecular Hbond substituents is 1. The Morgan fingerprint density at radius 3 is 2.61 bits per heavy atom. The number of nitrogens with one attached hydrogen (secondary N) is 1. The first-order valence-corrected chi connectivity index (χ1v) is 6.12. The third kappa shape index (κ3) is 3.00. The summed E-state index contributed by atoms with van der Waals surface area (Å²) in [5, 5.41) is 22.3. The third-order valence-electron chi connectivity index (χ3n) is 3.26. The Bertz CT molecular complexity index is 416. The topological polar surface area (TPSA) is 72.8 Å². The summed E-state index contributed by atoms with van der Waals surface area (Å²) in [5.74, 6) is -1.51. The SMILES string of the molecule is O=C(O)C(CN1CCNCC1)c1ccccc1O. The maximum atomic E-state index is 11.4. The molecule has 0 aliphatic carbocycles. The number of piperazine rings is 1. The molecule has 1 saturated heterocycles. The highest BCUT2D eigenvalue weighted by Crippen LogP contribution is 2.26. The van der Waals surface area contributed by atoms with Crippen LogP contribution < -0.4 is 5.32 Å². The molecule has 1 aliphatic rings. The molecule has 0 spiro atoms. The van der Waals surface area contributed by atoms with Crippen LogP contribution in [0.2, 0.25) is 0 Å². The van der Waals surface area contributed by atoms with E-state index in [0.717, 1.165) is 26.2 Å². The summed E-state index contributed by atoms with van der Waals surface area (Å²) in [7, 11) is 0. The Labute approximate surface area is 106 Å². The molecule has 5 nitrogen and oxygen atoms in total. The smallest absolute Gasteiger partial charge is 0.312 e. The van der Waals surface area contributed by atoms with Crippen molar-refractivity contribution in [1.29, 1.82) is 0 Å². The Balaban J connectivity index is 2.13. The maximum absolute atomic E-state index is 11.4. The lowest BCUT2D eigenvalue weighted by Gasteiger charge is -2.29. The molecule has 1 aliphatic heterocycles. The molecule has 1 atom stereocenters. The van der Waals surface area contributed by atoms with Gasteiger partial charge in [0.2, 0.25) is 0 Å². The number of nitrogens with zero attached hydrogens (tertiary/aromatic N) is 1. The average Bonchev–Trinajstić information content (AvgIpc) is 2.38. The van der Waals surface area contributed by atoms with Crippen molar-refractivity contribution in [2.24, 2.45) is 0 Å². The van der Waals surface area contributed by atoms with E-state index in [9.17, 15) is 15.0 Å². The molecule has 1 aromatic rings. The third-order valence-corrected chi connectivity index (χ3v) is 3.26. The van der Waals surface area contributed by atoms with Crippen LogP contribution in [0.3, 0.4) is 0 Å². The summed E-state index contributed by atoms with van der Waals surface area (Å²) in [6, 6.07) is 6.66. The van der Waals surface area contributed by atoms with Crippen molar-refractivity contribution >= 4 is 5.97 Å². The number of carboxylic acids is 1. The summed E-state index contributed by atoms with van der Waals surface area (Å²) < 4.78 is 0. The van der Waals surface area contributed by atoms with E-state index in [-0.39, 0.29) is 5.75 Å². The summed E-state index contributed by atoms with van der Waals surface area (Å²) in [6.45, 7) is 3.89. The van der Waals surface area contributed by atoms with E-state index in [4.69, 9.17) is 0 Å². The molecule has 0 amide bonds. The van der Waals surface area contributed by atoms with Crippen molar-refractivity contribution in [2.75, 3.05) is 32.7 Å². The van der Waals surface area contributed by atoms with Crippen molar-refractivity contribution < 1.29 is 15.0 Å². The molecule has 1 heterocycles. The minimum Gasteiger partial charge on any atom is -0.508 e. The number of carbonyl (C=O) groups is 1. The lowest BCUT2D eigenvalue weighted by atomic mass is 9.97. The minimum absolute atomic E-state index is 0.0556. The first kappa shape index (κ1) is 12.9. The van der Waals surface area contributed by atoms with Crippen molar-refractivity contribution in [3.8, 4) is 5.75 Å². The largest absolute Gasteiger partial charge is 0.508 e. The highest BCUT2D eigenvalue weighted by Gasteiger charge is 2.25. The van der Waals surface area contributed by atoms with E-state index < -0.39 is 11.9 Å². The first-order chi connectivity index (χ1) is 8.68. The van der Waals surface area contributed by atoms with E-state index in [1.807, 2.05) is 0 Å². The van der Waals surface area contributed by atoms with Crippen LogP contribution in [0.5, 0.6) is 5.75 Å². The Kier molecular flexibility index (Phi) is 4.17. The minimum atomic E-state index is -0.893. The zero-order valence-corrected chi connectivity index (χ0v) is 10.2. The highest BCUT2D eigenvalue weighted by molar-refractivity contribution is 5.77. The van der Waals surface area contributed by atoms with Crippen molar-refractivity contribution in [2.45, 2.75) is 5.92 Å². The highest BCUT2D eigenvalue weighted by atomic mass is 16.4. The summed E-state index contributed by atoms with van der Waals surface area (Å²) in [6.07, 6.45) is 0. The van der Waals surface area contributed by atoms with Gasteiger partial charge in [-0.1, -0.05) is 18.2 Å². The van der Waals surface area contributed by atoms with Gasteiger partial charge in [-0.2, -0.15) is 0 Å². The van der Waals surface area contributed by atoms with Gasteiger partial charge in [-0.15, -0.1) is 0 Å². The molecule has 1 aromatic carbocycles. The molecular weight excluding hydrogens is 232 g/mol. The average molecular weight is 250 g/mol. The van der Waals surface area contributed by atoms with E-state index in [0.29, 0.717) is 12.1 Å². The molecule has 2 rings (SSSR count). The summed E-state index contributed by atoms with van der Waals surface area (Å²) >= 11 is 0. The Morgan fingerprint density at radius 2 is 2.00 bits per heavy atom. The predicted octanol–water partition coefficient (Wildman–Crippen LogP) is 0.466. The van der Waals surface area contributed by atoms with Crippen LogP contribution in [0.25, 0.3) is 0 Å². The number of benzene rings is 1. The van der Waals surface area contributed by atoms with Crippen LogP contribution in [0.1, 0.15) is 11.5 Å². The quantitative estimate of drug-likeness (QED) is 0.724. The molecule has 98 valence electrons. The number of hydrogen-bond donors (Lipinski definition) is 3. The molecule has 0 radical (unpaired) electrons. The fraction of sp³-hybridized carbons (Fsp3) is 0.462. The second-order valence-corrected chi connectivity index (χ2v) is 4.50. The first-order valence-electron chi connectivity index (χ1n) is 6.12. The van der Waals surface area contributed by atoms with Gasteiger partial charge in [0.05, 0.1) is 5.92 Å². The van der Waals surface area contributed by atoms with Crippen LogP contribution in [-0.2, 0) is 4.79 Å². The van der Waals surface area contributed by atoms with Gasteiger partial charge in [-0.3, -0.25) is 9.69 Å². The second-order valence-electron chi connectivity index (χ2n) is 4.50. The zero-order valence-electron chi connectivity index (χ0n) is 10.2. The number of carboxylic acid groups (broad SMARTS) is 1. The molecule has 0 aromatic heterocycles. The molecule has 18 heavy (non-hydrogen) atoms. The number of aliphatic carboxylic acids is 1. The van der Waals surface area contributed by atoms with Gasteiger partial charge in [0.25, 0.3) is 0 Å². The normalized spacial score (nSPS) is 18.4. The number of hydrogen-bond acceptors (Lipinski definition) is 4. The fourth-order valence-corrected chi connectivity index (χ4v) is 2.24. The molecule has 1 fully saturated rings. The predicted molar refractivity (Wildman–Crippen MR) is 67.8 cm³/mol. The van der Waals surface area contributed by atoms with Gasteiger partial charge in [-0.25, -0.2) is 0 Å². The van der Waals surface area contributed by atoms with Crippen molar-refractivity contribution in [3.63, 3.8) is 0 Å². The lowest BCUT2D eigenvalue weighted by molar-refractivity contribution is -0.139. The van der Waals surface area contributed by atoms with Crippen LogP contribution in [0.4, 0.5) is 0 Å². The number of para-hydroxylation sites is 1. The fourth-order valence-electron chi connectivity index (χ4n) is 2.24. The molecular formula is C13H18N2O3. The van der Waals surface area contributed by atoms with Crippen LogP contribution in [-0.4, -0.2) is 53.8 Å². The molecule has 5 heteroatoms. The lowest BCUT2D eigenvalue weighted by Crippen LogP contribution is -2.45. The standard InChI is InChI=1S/C13H18N2O3/c16-12-4-2-1-3-10(12)11(13(17)18)9-15-7-5-14-6-8-15/h1-4,11,14,16H,5-9H2,(H,17,18). The van der Waals surface area contributed by atoms with Gasteiger partial charge in [0.1, 0.15) is 5.75 Å². The van der Waals surface area contributed by atoms with Gasteiger partial charge in [0.15, 0.2) is 0 Å². The molecule has 3 N–H and O–H groups in total. The number of phenols is 1. The Hall–Kier alpha value is -1.59. The van der Waals surface area contributed by atoms with Gasteiger partial charge < -0.3 is 15.5 Å². The summed E-state index contributed by atoms with van der Waals surface area (Å²) in [5.41, 5.74) is 0.489. The van der Waals surface area contributed by atoms with E-state index in [1.54, 1.807) is 18.2 Å². The molecule has 0 bridgehead atoms. The second kappa shape index (κ2) is 5.84. The zero-order chi connectivity index (χ0) is 13.0. The number of rotatable bonds is 4. The van der Waals surface area contributed by atoms with Gasteiger partial charge in [-0.05, 0) is 6.07 Å². The van der Waals surface area contributed by atoms with E-state index in [2.05, 4.69) is 10.2 Å². The maximum Gasteiger partial charge on any atom is 0.312 e.